The quantitative estimate of drug-likeness (QED) is 0.685. The van der Waals surface area contributed by atoms with Crippen molar-refractivity contribution < 1.29 is 25.0 Å². The van der Waals surface area contributed by atoms with Gasteiger partial charge in [-0.05, 0) is 39.5 Å². The molecule has 1 fully saturated rings. The van der Waals surface area contributed by atoms with Gasteiger partial charge in [-0.25, -0.2) is 0 Å². The molecule has 1 aliphatic heterocycles. The SMILES string of the molecule is CCC(C)O[Si]1(C)O[SiH](C)O[SiH](C)O[SiH](C)O[SiH](C)O1. The molecule has 6 nitrogen and oxygen atoms in total. The van der Waals surface area contributed by atoms with Crippen LogP contribution in [0.4, 0.5) is 0 Å². The van der Waals surface area contributed by atoms with Crippen LogP contribution in [-0.2, 0) is 25.0 Å². The van der Waals surface area contributed by atoms with Crippen molar-refractivity contribution in [2.75, 3.05) is 0 Å². The van der Waals surface area contributed by atoms with Crippen LogP contribution in [-0.4, -0.2) is 52.0 Å². The van der Waals surface area contributed by atoms with Gasteiger partial charge in [-0.2, -0.15) is 0 Å². The van der Waals surface area contributed by atoms with Crippen LogP contribution in [0.15, 0.2) is 0 Å². The molecule has 120 valence electrons. The van der Waals surface area contributed by atoms with Crippen molar-refractivity contribution in [1.29, 1.82) is 0 Å². The largest absolute Gasteiger partial charge is 0.479 e. The second kappa shape index (κ2) is 8.47. The van der Waals surface area contributed by atoms with Crippen LogP contribution in [0.1, 0.15) is 20.3 Å². The molecule has 0 aromatic carbocycles. The summed E-state index contributed by atoms with van der Waals surface area (Å²) in [6.07, 6.45) is 1.06. The van der Waals surface area contributed by atoms with E-state index in [4.69, 9.17) is 25.0 Å². The average Bonchev–Trinajstić information content (AvgIpc) is 2.25. The molecule has 0 saturated carbocycles. The smallest absolute Gasteiger partial charge is 0.420 e. The van der Waals surface area contributed by atoms with E-state index < -0.39 is 45.9 Å². The Kier molecular flexibility index (Phi) is 8.00. The highest BCUT2D eigenvalue weighted by Gasteiger charge is 2.42. The summed E-state index contributed by atoms with van der Waals surface area (Å²) in [5.41, 5.74) is 0. The van der Waals surface area contributed by atoms with Gasteiger partial charge in [0, 0.05) is 12.7 Å². The Hall–Kier alpha value is 0.844. The van der Waals surface area contributed by atoms with Gasteiger partial charge in [0.15, 0.2) is 0 Å². The van der Waals surface area contributed by atoms with E-state index in [1.165, 1.54) is 0 Å². The summed E-state index contributed by atoms with van der Waals surface area (Å²) in [6, 6.07) is 0. The average molecular weight is 373 g/mol. The number of rotatable bonds is 3. The van der Waals surface area contributed by atoms with E-state index in [2.05, 4.69) is 6.92 Å². The van der Waals surface area contributed by atoms with Crippen LogP contribution in [0.25, 0.3) is 0 Å². The summed E-state index contributed by atoms with van der Waals surface area (Å²) in [5.74, 6) is 0. The number of hydrogen-bond donors (Lipinski definition) is 0. The fourth-order valence-corrected chi connectivity index (χ4v) is 18.5. The lowest BCUT2D eigenvalue weighted by Crippen LogP contribution is -2.55. The normalized spacial score (nSPS) is 42.1. The Labute approximate surface area is 130 Å². The molecule has 0 bridgehead atoms. The summed E-state index contributed by atoms with van der Waals surface area (Å²) < 4.78 is 36.0. The molecule has 5 atom stereocenters. The van der Waals surface area contributed by atoms with Gasteiger partial charge in [0.2, 0.25) is 0 Å². The highest BCUT2D eigenvalue weighted by Crippen LogP contribution is 2.19. The van der Waals surface area contributed by atoms with Crippen molar-refractivity contribution in [1.82, 2.24) is 0 Å². The van der Waals surface area contributed by atoms with E-state index in [1.807, 2.05) is 39.7 Å². The Morgan fingerprint density at radius 2 is 1.30 bits per heavy atom. The topological polar surface area (TPSA) is 55.4 Å². The lowest BCUT2D eigenvalue weighted by Gasteiger charge is -2.36. The first-order chi connectivity index (χ1) is 9.24. The zero-order valence-electron chi connectivity index (χ0n) is 13.5. The molecule has 20 heavy (non-hydrogen) atoms. The zero-order chi connectivity index (χ0) is 15.3. The molecule has 0 amide bonds. The molecule has 0 aliphatic carbocycles. The monoisotopic (exact) mass is 372 g/mol. The van der Waals surface area contributed by atoms with E-state index >= 15 is 0 Å². The van der Waals surface area contributed by atoms with E-state index in [0.717, 1.165) is 6.42 Å². The first-order valence-electron chi connectivity index (χ1n) is 7.24. The molecule has 0 aromatic rings. The molecular formula is C9H28O6Si5. The summed E-state index contributed by atoms with van der Waals surface area (Å²) in [5, 5.41) is 0. The lowest BCUT2D eigenvalue weighted by atomic mass is 10.3. The van der Waals surface area contributed by atoms with Gasteiger partial charge in [0.1, 0.15) is 0 Å². The van der Waals surface area contributed by atoms with Gasteiger partial charge in [-0.1, -0.05) is 6.92 Å². The van der Waals surface area contributed by atoms with Crippen molar-refractivity contribution in [2.24, 2.45) is 0 Å². The maximum atomic E-state index is 6.10. The van der Waals surface area contributed by atoms with Crippen LogP contribution < -0.4 is 0 Å². The summed E-state index contributed by atoms with van der Waals surface area (Å²) in [7, 11) is -9.56. The second-order valence-corrected chi connectivity index (χ2v) is 16.8. The second-order valence-electron chi connectivity index (χ2n) is 5.11. The minimum atomic E-state index is -2.68. The molecule has 0 aromatic heterocycles. The molecule has 1 rings (SSSR count). The lowest BCUT2D eigenvalue weighted by molar-refractivity contribution is 0.102. The molecule has 1 heterocycles. The molecule has 1 saturated heterocycles. The third-order valence-electron chi connectivity index (χ3n) is 2.90. The van der Waals surface area contributed by atoms with Gasteiger partial charge in [-0.15, -0.1) is 0 Å². The Morgan fingerprint density at radius 1 is 0.900 bits per heavy atom. The van der Waals surface area contributed by atoms with E-state index in [1.54, 1.807) is 0 Å². The molecule has 1 aliphatic rings. The van der Waals surface area contributed by atoms with Gasteiger partial charge in [0.05, 0.1) is 0 Å². The van der Waals surface area contributed by atoms with Crippen molar-refractivity contribution in [2.45, 2.75) is 59.1 Å². The predicted octanol–water partition coefficient (Wildman–Crippen LogP) is 0.868. The molecular weight excluding hydrogens is 345 g/mol. The van der Waals surface area contributed by atoms with Gasteiger partial charge >= 0.3 is 27.4 Å². The summed E-state index contributed by atoms with van der Waals surface area (Å²) in [6.45, 7) is 14.2. The van der Waals surface area contributed by atoms with Crippen molar-refractivity contribution >= 4 is 45.9 Å². The highest BCUT2D eigenvalue weighted by atomic mass is 28.5. The van der Waals surface area contributed by atoms with E-state index in [-0.39, 0.29) is 6.10 Å². The van der Waals surface area contributed by atoms with Crippen LogP contribution >= 0.6 is 0 Å². The summed E-state index contributed by atoms with van der Waals surface area (Å²) in [4.78, 5) is 0. The molecule has 0 N–H and O–H groups in total. The van der Waals surface area contributed by atoms with Crippen LogP contribution in [0.3, 0.4) is 0 Å². The van der Waals surface area contributed by atoms with Gasteiger partial charge in [0.25, 0.3) is 18.6 Å². The van der Waals surface area contributed by atoms with Crippen molar-refractivity contribution in [3.8, 4) is 0 Å². The third kappa shape index (κ3) is 6.74. The fraction of sp³-hybridized carbons (Fsp3) is 1.00. The molecule has 11 heteroatoms. The van der Waals surface area contributed by atoms with Crippen molar-refractivity contribution in [3.05, 3.63) is 0 Å². The zero-order valence-corrected chi connectivity index (χ0v) is 19.2. The van der Waals surface area contributed by atoms with Crippen LogP contribution in [0.2, 0.25) is 32.7 Å². The minimum Gasteiger partial charge on any atom is -0.420 e. The molecule has 5 unspecified atom stereocenters. The first kappa shape index (κ1) is 18.9. The number of hydrogen-bond acceptors (Lipinski definition) is 6. The van der Waals surface area contributed by atoms with Crippen LogP contribution in [0.5, 0.6) is 0 Å². The predicted molar refractivity (Wildman–Crippen MR) is 89.9 cm³/mol. The molecule has 0 radical (unpaired) electrons. The van der Waals surface area contributed by atoms with Crippen LogP contribution in [0, 0.1) is 0 Å². The summed E-state index contributed by atoms with van der Waals surface area (Å²) >= 11 is 0. The first-order valence-corrected chi connectivity index (χ1v) is 17.9. The standard InChI is InChI=1S/C9H28O6Si5/c1-8-9(2)10-20(7)14-18(5)12-16(3)11-17(4)13-19(6)15-20/h9,16-19H,8H2,1-7H3. The Morgan fingerprint density at radius 3 is 1.70 bits per heavy atom. The van der Waals surface area contributed by atoms with Gasteiger partial charge in [-0.3, -0.25) is 0 Å². The maximum Gasteiger partial charge on any atom is 0.479 e. The fourth-order valence-electron chi connectivity index (χ4n) is 2.06. The van der Waals surface area contributed by atoms with Crippen molar-refractivity contribution in [3.63, 3.8) is 0 Å². The Bertz CT molecular complexity index is 280. The third-order valence-corrected chi connectivity index (χ3v) is 19.0. The maximum absolute atomic E-state index is 6.10. The molecule has 0 spiro atoms. The van der Waals surface area contributed by atoms with Gasteiger partial charge < -0.3 is 25.0 Å². The van der Waals surface area contributed by atoms with E-state index in [9.17, 15) is 0 Å². The Balaban J connectivity index is 2.80. The van der Waals surface area contributed by atoms with E-state index in [0.29, 0.717) is 0 Å². The minimum absolute atomic E-state index is 0.123. The highest BCUT2D eigenvalue weighted by molar-refractivity contribution is 6.77.